The molecule has 0 saturated carbocycles. The van der Waals surface area contributed by atoms with Crippen molar-refractivity contribution >= 4 is 21.4 Å². The fraction of sp³-hybridized carbons (Fsp3) is 0.412. The highest BCUT2D eigenvalue weighted by Gasteiger charge is 2.27. The molecule has 1 aromatic heterocycles. The highest BCUT2D eigenvalue weighted by atomic mass is 32.2. The van der Waals surface area contributed by atoms with Crippen molar-refractivity contribution in [1.29, 1.82) is 0 Å². The molecule has 0 bridgehead atoms. The minimum Gasteiger partial charge on any atom is -0.302 e. The van der Waals surface area contributed by atoms with Crippen LogP contribution in [0.2, 0.25) is 0 Å². The zero-order valence-corrected chi connectivity index (χ0v) is 14.7. The van der Waals surface area contributed by atoms with Gasteiger partial charge in [0.2, 0.25) is 0 Å². The summed E-state index contributed by atoms with van der Waals surface area (Å²) in [6.07, 6.45) is 1.90. The van der Waals surface area contributed by atoms with Crippen LogP contribution in [0.15, 0.2) is 52.1 Å². The molecule has 23 heavy (non-hydrogen) atoms. The Kier molecular flexibility index (Phi) is 5.48. The summed E-state index contributed by atoms with van der Waals surface area (Å²) in [6.45, 7) is 3.94. The molecular formula is C17H22N2O2S2. The SMILES string of the molecule is O=S(=O)(c1cccs1)N1CCCN(CCc2ccccc2)CC1. The molecule has 1 saturated heterocycles. The third-order valence-electron chi connectivity index (χ3n) is 4.20. The normalized spacial score (nSPS) is 17.9. The summed E-state index contributed by atoms with van der Waals surface area (Å²) >= 11 is 1.30. The zero-order valence-electron chi connectivity index (χ0n) is 13.1. The molecule has 124 valence electrons. The summed E-state index contributed by atoms with van der Waals surface area (Å²) < 4.78 is 27.3. The van der Waals surface area contributed by atoms with E-state index in [2.05, 4.69) is 29.2 Å². The number of sulfonamides is 1. The second-order valence-electron chi connectivity index (χ2n) is 5.77. The van der Waals surface area contributed by atoms with Crippen molar-refractivity contribution in [3.63, 3.8) is 0 Å². The molecule has 1 aliphatic heterocycles. The maximum Gasteiger partial charge on any atom is 0.252 e. The lowest BCUT2D eigenvalue weighted by molar-refractivity contribution is 0.290. The molecule has 2 heterocycles. The number of hydrogen-bond acceptors (Lipinski definition) is 4. The molecule has 0 amide bonds. The summed E-state index contributed by atoms with van der Waals surface area (Å²) in [7, 11) is -3.31. The van der Waals surface area contributed by atoms with E-state index in [1.54, 1.807) is 16.4 Å². The van der Waals surface area contributed by atoms with Gasteiger partial charge in [0.15, 0.2) is 0 Å². The molecule has 0 unspecified atom stereocenters. The molecule has 6 heteroatoms. The van der Waals surface area contributed by atoms with Gasteiger partial charge in [-0.1, -0.05) is 36.4 Å². The fourth-order valence-corrected chi connectivity index (χ4v) is 5.49. The molecule has 0 atom stereocenters. The van der Waals surface area contributed by atoms with E-state index in [9.17, 15) is 8.42 Å². The van der Waals surface area contributed by atoms with Gasteiger partial charge in [0.1, 0.15) is 4.21 Å². The third-order valence-corrected chi connectivity index (χ3v) is 7.47. The Balaban J connectivity index is 1.57. The topological polar surface area (TPSA) is 40.6 Å². The second-order valence-corrected chi connectivity index (χ2v) is 8.88. The first-order valence-electron chi connectivity index (χ1n) is 7.96. The quantitative estimate of drug-likeness (QED) is 0.832. The van der Waals surface area contributed by atoms with E-state index < -0.39 is 10.0 Å². The predicted octanol–water partition coefficient (Wildman–Crippen LogP) is 2.69. The van der Waals surface area contributed by atoms with Gasteiger partial charge in [-0.05, 0) is 36.4 Å². The van der Waals surface area contributed by atoms with E-state index in [-0.39, 0.29) is 0 Å². The molecule has 3 rings (SSSR count). The molecule has 1 aromatic carbocycles. The first kappa shape index (κ1) is 16.6. The van der Waals surface area contributed by atoms with Crippen molar-refractivity contribution in [2.24, 2.45) is 0 Å². The average molecular weight is 351 g/mol. The largest absolute Gasteiger partial charge is 0.302 e. The molecule has 4 nitrogen and oxygen atoms in total. The average Bonchev–Trinajstić information content (AvgIpc) is 3.01. The smallest absolute Gasteiger partial charge is 0.252 e. The van der Waals surface area contributed by atoms with Gasteiger partial charge in [0, 0.05) is 26.2 Å². The summed E-state index contributed by atoms with van der Waals surface area (Å²) in [5.41, 5.74) is 1.33. The molecule has 0 spiro atoms. The van der Waals surface area contributed by atoms with Crippen molar-refractivity contribution in [1.82, 2.24) is 9.21 Å². The summed E-state index contributed by atoms with van der Waals surface area (Å²) in [5.74, 6) is 0. The number of hydrogen-bond donors (Lipinski definition) is 0. The second kappa shape index (κ2) is 7.57. The Morgan fingerprint density at radius 3 is 2.52 bits per heavy atom. The van der Waals surface area contributed by atoms with E-state index in [1.807, 2.05) is 11.4 Å². The van der Waals surface area contributed by atoms with Crippen LogP contribution in [0.5, 0.6) is 0 Å². The lowest BCUT2D eigenvalue weighted by Crippen LogP contribution is -2.35. The Morgan fingerprint density at radius 1 is 0.957 bits per heavy atom. The zero-order chi connectivity index (χ0) is 16.1. The highest BCUT2D eigenvalue weighted by Crippen LogP contribution is 2.22. The van der Waals surface area contributed by atoms with Gasteiger partial charge in [-0.25, -0.2) is 8.42 Å². The third kappa shape index (κ3) is 4.20. The van der Waals surface area contributed by atoms with Crippen molar-refractivity contribution in [3.8, 4) is 0 Å². The predicted molar refractivity (Wildman–Crippen MR) is 94.3 cm³/mol. The van der Waals surface area contributed by atoms with Crippen LogP contribution in [-0.4, -0.2) is 50.3 Å². The van der Waals surface area contributed by atoms with Crippen LogP contribution in [0.3, 0.4) is 0 Å². The summed E-state index contributed by atoms with van der Waals surface area (Å²) in [6, 6.07) is 13.9. The van der Waals surface area contributed by atoms with Crippen LogP contribution >= 0.6 is 11.3 Å². The summed E-state index contributed by atoms with van der Waals surface area (Å²) in [4.78, 5) is 2.37. The Hall–Kier alpha value is -1.21. The minimum absolute atomic E-state index is 0.454. The van der Waals surface area contributed by atoms with E-state index in [4.69, 9.17) is 0 Å². The molecule has 0 N–H and O–H groups in total. The monoisotopic (exact) mass is 350 g/mol. The first-order chi connectivity index (χ1) is 11.2. The standard InChI is InChI=1S/C17H22N2O2S2/c20-23(21,17-8-4-15-22-17)19-11-5-10-18(13-14-19)12-9-16-6-2-1-3-7-16/h1-4,6-8,15H,5,9-14H2. The number of benzene rings is 1. The van der Waals surface area contributed by atoms with Crippen LogP contribution < -0.4 is 0 Å². The lowest BCUT2D eigenvalue weighted by Gasteiger charge is -2.21. The fourth-order valence-electron chi connectivity index (χ4n) is 2.88. The number of nitrogens with zero attached hydrogens (tertiary/aromatic N) is 2. The van der Waals surface area contributed by atoms with Crippen LogP contribution in [0.25, 0.3) is 0 Å². The van der Waals surface area contributed by atoms with Crippen LogP contribution in [0.1, 0.15) is 12.0 Å². The van der Waals surface area contributed by atoms with Gasteiger partial charge in [0.05, 0.1) is 0 Å². The van der Waals surface area contributed by atoms with Gasteiger partial charge < -0.3 is 4.90 Å². The van der Waals surface area contributed by atoms with Crippen LogP contribution in [0, 0.1) is 0 Å². The highest BCUT2D eigenvalue weighted by molar-refractivity contribution is 7.91. The van der Waals surface area contributed by atoms with Gasteiger partial charge >= 0.3 is 0 Å². The Bertz CT molecular complexity index is 699. The van der Waals surface area contributed by atoms with Crippen LogP contribution in [0.4, 0.5) is 0 Å². The first-order valence-corrected chi connectivity index (χ1v) is 10.3. The van der Waals surface area contributed by atoms with E-state index in [0.29, 0.717) is 17.3 Å². The maximum atomic E-state index is 12.6. The Labute approximate surface area is 142 Å². The van der Waals surface area contributed by atoms with Gasteiger partial charge in [-0.2, -0.15) is 4.31 Å². The summed E-state index contributed by atoms with van der Waals surface area (Å²) in [5, 5.41) is 1.82. The number of thiophene rings is 1. The molecular weight excluding hydrogens is 328 g/mol. The molecule has 0 aliphatic carbocycles. The van der Waals surface area contributed by atoms with Crippen LogP contribution in [-0.2, 0) is 16.4 Å². The maximum absolute atomic E-state index is 12.6. The minimum atomic E-state index is -3.31. The molecule has 2 aromatic rings. The van der Waals surface area contributed by atoms with Gasteiger partial charge in [-0.3, -0.25) is 0 Å². The van der Waals surface area contributed by atoms with Gasteiger partial charge in [0.25, 0.3) is 10.0 Å². The van der Waals surface area contributed by atoms with Gasteiger partial charge in [-0.15, -0.1) is 11.3 Å². The van der Waals surface area contributed by atoms with Crippen molar-refractivity contribution < 1.29 is 8.42 Å². The van der Waals surface area contributed by atoms with Crippen molar-refractivity contribution in [3.05, 3.63) is 53.4 Å². The molecule has 0 radical (unpaired) electrons. The van der Waals surface area contributed by atoms with E-state index >= 15 is 0 Å². The van der Waals surface area contributed by atoms with E-state index in [0.717, 1.165) is 32.5 Å². The van der Waals surface area contributed by atoms with Crippen molar-refractivity contribution in [2.45, 2.75) is 17.1 Å². The number of rotatable bonds is 5. The lowest BCUT2D eigenvalue weighted by atomic mass is 10.1. The van der Waals surface area contributed by atoms with Crippen molar-refractivity contribution in [2.75, 3.05) is 32.7 Å². The van der Waals surface area contributed by atoms with E-state index in [1.165, 1.54) is 16.9 Å². The molecule has 1 aliphatic rings. The molecule has 1 fully saturated rings. The Morgan fingerprint density at radius 2 is 1.78 bits per heavy atom.